The lowest BCUT2D eigenvalue weighted by atomic mass is 9.93. The number of methoxy groups -OCH3 is 1. The Hall–Kier alpha value is -2.11. The minimum absolute atomic E-state index is 0.116. The van der Waals surface area contributed by atoms with Gasteiger partial charge in [-0.2, -0.15) is 0 Å². The molecule has 0 aromatic heterocycles. The monoisotopic (exact) mass is 268 g/mol. The van der Waals surface area contributed by atoms with Gasteiger partial charge in [-0.25, -0.2) is 4.39 Å². The molecule has 1 aliphatic rings. The lowest BCUT2D eigenvalue weighted by molar-refractivity contribution is -0.143. The average Bonchev–Trinajstić information content (AvgIpc) is 3.13. The highest BCUT2D eigenvalue weighted by Gasteiger charge is 2.54. The quantitative estimate of drug-likeness (QED) is 0.805. The molecule has 1 saturated carbocycles. The molecule has 102 valence electrons. The van der Waals surface area contributed by atoms with E-state index >= 15 is 0 Å². The van der Waals surface area contributed by atoms with Crippen LogP contribution >= 0.6 is 0 Å². The molecule has 6 heteroatoms. The van der Waals surface area contributed by atoms with Crippen molar-refractivity contribution in [1.82, 2.24) is 0 Å². The van der Waals surface area contributed by atoms with Crippen molar-refractivity contribution >= 4 is 11.9 Å². The van der Waals surface area contributed by atoms with Crippen molar-refractivity contribution < 1.29 is 28.9 Å². The van der Waals surface area contributed by atoms with E-state index in [9.17, 15) is 19.1 Å². The van der Waals surface area contributed by atoms with Crippen LogP contribution in [-0.4, -0.2) is 29.3 Å². The first-order chi connectivity index (χ1) is 8.90. The SMILES string of the molecule is COC(=O)C1(c2cc(F)c(CC(=O)O)cc2O)CC1. The van der Waals surface area contributed by atoms with Crippen LogP contribution in [-0.2, 0) is 26.2 Å². The van der Waals surface area contributed by atoms with E-state index in [4.69, 9.17) is 5.11 Å². The summed E-state index contributed by atoms with van der Waals surface area (Å²) in [4.78, 5) is 22.2. The average molecular weight is 268 g/mol. The van der Waals surface area contributed by atoms with Crippen molar-refractivity contribution in [2.24, 2.45) is 0 Å². The standard InChI is InChI=1S/C13H13FO5/c1-19-12(18)13(2-3-13)8-6-9(14)7(4-10(8)15)5-11(16)17/h4,6,15H,2-3,5H2,1H3,(H,16,17). The highest BCUT2D eigenvalue weighted by molar-refractivity contribution is 5.87. The number of ether oxygens (including phenoxy) is 1. The first-order valence-electron chi connectivity index (χ1n) is 5.73. The summed E-state index contributed by atoms with van der Waals surface area (Å²) in [6.45, 7) is 0. The summed E-state index contributed by atoms with van der Waals surface area (Å²) in [5.74, 6) is -2.74. The van der Waals surface area contributed by atoms with Gasteiger partial charge in [0.15, 0.2) is 0 Å². The Kier molecular flexibility index (Phi) is 3.18. The molecule has 19 heavy (non-hydrogen) atoms. The maximum absolute atomic E-state index is 13.8. The van der Waals surface area contributed by atoms with E-state index in [1.807, 2.05) is 0 Å². The zero-order valence-electron chi connectivity index (χ0n) is 10.3. The van der Waals surface area contributed by atoms with Crippen molar-refractivity contribution in [3.05, 3.63) is 29.1 Å². The van der Waals surface area contributed by atoms with Crippen molar-refractivity contribution in [2.45, 2.75) is 24.7 Å². The van der Waals surface area contributed by atoms with Crippen molar-refractivity contribution in [2.75, 3.05) is 7.11 Å². The maximum Gasteiger partial charge on any atom is 0.316 e. The molecule has 0 radical (unpaired) electrons. The van der Waals surface area contributed by atoms with Crippen LogP contribution in [0.15, 0.2) is 12.1 Å². The summed E-state index contributed by atoms with van der Waals surface area (Å²) >= 11 is 0. The van der Waals surface area contributed by atoms with E-state index in [0.717, 1.165) is 12.1 Å². The van der Waals surface area contributed by atoms with Gasteiger partial charge in [0.25, 0.3) is 0 Å². The topological polar surface area (TPSA) is 83.8 Å². The first kappa shape index (κ1) is 13.3. The highest BCUT2D eigenvalue weighted by atomic mass is 19.1. The second kappa shape index (κ2) is 4.53. The smallest absolute Gasteiger partial charge is 0.316 e. The van der Waals surface area contributed by atoms with E-state index in [0.29, 0.717) is 12.8 Å². The Bertz CT molecular complexity index is 548. The Balaban J connectivity index is 2.42. The van der Waals surface area contributed by atoms with Gasteiger partial charge in [-0.05, 0) is 25.0 Å². The maximum atomic E-state index is 13.8. The predicted molar refractivity (Wildman–Crippen MR) is 62.3 cm³/mol. The second-order valence-corrected chi connectivity index (χ2v) is 4.60. The Morgan fingerprint density at radius 2 is 2.05 bits per heavy atom. The summed E-state index contributed by atoms with van der Waals surface area (Å²) in [5, 5.41) is 18.5. The van der Waals surface area contributed by atoms with E-state index < -0.39 is 29.6 Å². The fraction of sp³-hybridized carbons (Fsp3) is 0.385. The number of carboxylic acids is 1. The molecule has 2 N–H and O–H groups in total. The van der Waals surface area contributed by atoms with Crippen LogP contribution in [0.5, 0.6) is 5.75 Å². The number of carbonyl (C=O) groups is 2. The van der Waals surface area contributed by atoms with Gasteiger partial charge < -0.3 is 14.9 Å². The molecule has 1 fully saturated rings. The Morgan fingerprint density at radius 3 is 2.53 bits per heavy atom. The number of benzene rings is 1. The normalized spacial score (nSPS) is 15.9. The van der Waals surface area contributed by atoms with Gasteiger partial charge in [0.05, 0.1) is 18.9 Å². The molecule has 1 aromatic rings. The molecule has 0 saturated heterocycles. The van der Waals surface area contributed by atoms with Crippen LogP contribution in [0, 0.1) is 5.82 Å². The molecule has 5 nitrogen and oxygen atoms in total. The summed E-state index contributed by atoms with van der Waals surface area (Å²) in [6, 6.07) is 2.08. The van der Waals surface area contributed by atoms with E-state index in [-0.39, 0.29) is 16.9 Å². The van der Waals surface area contributed by atoms with Crippen LogP contribution in [0.2, 0.25) is 0 Å². The van der Waals surface area contributed by atoms with Gasteiger partial charge in [-0.1, -0.05) is 0 Å². The fourth-order valence-corrected chi connectivity index (χ4v) is 2.19. The molecule has 1 aromatic carbocycles. The van der Waals surface area contributed by atoms with Gasteiger partial charge in [-0.15, -0.1) is 0 Å². The third-order valence-electron chi connectivity index (χ3n) is 3.35. The number of hydrogen-bond donors (Lipinski definition) is 2. The van der Waals surface area contributed by atoms with Crippen LogP contribution in [0.25, 0.3) is 0 Å². The van der Waals surface area contributed by atoms with Gasteiger partial charge in [0.2, 0.25) is 0 Å². The van der Waals surface area contributed by atoms with E-state index in [1.54, 1.807) is 0 Å². The number of esters is 1. The molecule has 0 bridgehead atoms. The number of carbonyl (C=O) groups excluding carboxylic acids is 1. The van der Waals surface area contributed by atoms with Crippen LogP contribution < -0.4 is 0 Å². The van der Waals surface area contributed by atoms with Gasteiger partial charge in [0, 0.05) is 11.1 Å². The van der Waals surface area contributed by atoms with Crippen LogP contribution in [0.1, 0.15) is 24.0 Å². The fourth-order valence-electron chi connectivity index (χ4n) is 2.19. The number of aliphatic carboxylic acids is 1. The van der Waals surface area contributed by atoms with Gasteiger partial charge in [0.1, 0.15) is 11.6 Å². The summed E-state index contributed by atoms with van der Waals surface area (Å²) in [6.07, 6.45) is 0.431. The molecule has 0 heterocycles. The zero-order valence-corrected chi connectivity index (χ0v) is 10.3. The van der Waals surface area contributed by atoms with Crippen molar-refractivity contribution in [1.29, 1.82) is 0 Å². The third kappa shape index (κ3) is 2.25. The Morgan fingerprint density at radius 1 is 1.42 bits per heavy atom. The van der Waals surface area contributed by atoms with E-state index in [2.05, 4.69) is 4.74 Å². The number of phenolic OH excluding ortho intramolecular Hbond substituents is 1. The third-order valence-corrected chi connectivity index (χ3v) is 3.35. The minimum Gasteiger partial charge on any atom is -0.508 e. The van der Waals surface area contributed by atoms with Crippen molar-refractivity contribution in [3.8, 4) is 5.75 Å². The number of aromatic hydroxyl groups is 1. The number of halogens is 1. The van der Waals surface area contributed by atoms with E-state index in [1.165, 1.54) is 7.11 Å². The molecule has 0 amide bonds. The van der Waals surface area contributed by atoms with Gasteiger partial charge >= 0.3 is 11.9 Å². The lowest BCUT2D eigenvalue weighted by Gasteiger charge is -2.15. The summed E-state index contributed by atoms with van der Waals surface area (Å²) in [7, 11) is 1.23. The first-order valence-corrected chi connectivity index (χ1v) is 5.73. The molecule has 0 unspecified atom stereocenters. The second-order valence-electron chi connectivity index (χ2n) is 4.60. The zero-order chi connectivity index (χ0) is 14.2. The number of rotatable bonds is 4. The van der Waals surface area contributed by atoms with Gasteiger partial charge in [-0.3, -0.25) is 9.59 Å². The molecule has 0 spiro atoms. The molecule has 0 atom stereocenters. The number of hydrogen-bond acceptors (Lipinski definition) is 4. The largest absolute Gasteiger partial charge is 0.508 e. The molecular weight excluding hydrogens is 255 g/mol. The number of phenols is 1. The highest BCUT2D eigenvalue weighted by Crippen LogP contribution is 2.52. The van der Waals surface area contributed by atoms with Crippen LogP contribution in [0.3, 0.4) is 0 Å². The predicted octanol–water partition coefficient (Wildman–Crippen LogP) is 1.36. The lowest BCUT2D eigenvalue weighted by Crippen LogP contribution is -2.22. The molecule has 2 rings (SSSR count). The number of carboxylic acid groups (broad SMARTS) is 1. The summed E-state index contributed by atoms with van der Waals surface area (Å²) < 4.78 is 18.4. The summed E-state index contributed by atoms with van der Waals surface area (Å²) in [5.41, 5.74) is -0.943. The molecule has 1 aliphatic carbocycles. The van der Waals surface area contributed by atoms with Crippen molar-refractivity contribution in [3.63, 3.8) is 0 Å². The molecular formula is C13H13FO5. The molecule has 0 aliphatic heterocycles. The van der Waals surface area contributed by atoms with Crippen LogP contribution in [0.4, 0.5) is 4.39 Å². The Labute approximate surface area is 108 Å². The minimum atomic E-state index is -1.19.